The normalized spacial score (nSPS) is 20.8. The monoisotopic (exact) mass is 582 g/mol. The molecule has 2 saturated heterocycles. The topological polar surface area (TPSA) is 64.7 Å². The maximum atomic E-state index is 15.0. The number of amides is 2. The van der Waals surface area contributed by atoms with Crippen molar-refractivity contribution in [3.8, 4) is 0 Å². The highest BCUT2D eigenvalue weighted by Gasteiger charge is 2.40. The Hall–Kier alpha value is -3.87. The smallest absolute Gasteiger partial charge is 0.257 e. The number of anilines is 3. The molecule has 43 heavy (non-hydrogen) atoms. The Morgan fingerprint density at radius 1 is 0.791 bits per heavy atom. The van der Waals surface area contributed by atoms with E-state index >= 15 is 4.39 Å². The fourth-order valence-corrected chi connectivity index (χ4v) is 7.26. The van der Waals surface area contributed by atoms with Crippen LogP contribution in [0.4, 0.5) is 21.5 Å². The number of carbonyl (C=O) groups excluding carboxylic acids is 2. The second kappa shape index (κ2) is 12.8. The lowest BCUT2D eigenvalue weighted by Crippen LogP contribution is -2.46. The van der Waals surface area contributed by atoms with E-state index in [-0.39, 0.29) is 17.4 Å². The SMILES string of the molecule is Cc1ccc(NC(=O)C2CCCN(C(=O)c3c(C)cccc3F)C2c2ccc(NC3CCCC3)cc2)cc1N1CCCC1. The van der Waals surface area contributed by atoms with Gasteiger partial charge >= 0.3 is 0 Å². The van der Waals surface area contributed by atoms with E-state index in [1.165, 1.54) is 50.2 Å². The molecule has 2 atom stereocenters. The summed E-state index contributed by atoms with van der Waals surface area (Å²) in [7, 11) is 0. The second-order valence-corrected chi connectivity index (χ2v) is 12.6. The van der Waals surface area contributed by atoms with Crippen LogP contribution in [0, 0.1) is 25.6 Å². The highest BCUT2D eigenvalue weighted by molar-refractivity contribution is 5.98. The van der Waals surface area contributed by atoms with E-state index in [2.05, 4.69) is 46.7 Å². The zero-order valence-electron chi connectivity index (χ0n) is 25.4. The Bertz CT molecular complexity index is 1440. The summed E-state index contributed by atoms with van der Waals surface area (Å²) in [4.78, 5) is 32.2. The molecule has 1 aliphatic carbocycles. The molecule has 0 radical (unpaired) electrons. The predicted molar refractivity (Wildman–Crippen MR) is 171 cm³/mol. The summed E-state index contributed by atoms with van der Waals surface area (Å²) in [6.07, 6.45) is 8.53. The fourth-order valence-electron chi connectivity index (χ4n) is 7.26. The molecule has 2 unspecified atom stereocenters. The van der Waals surface area contributed by atoms with Crippen molar-refractivity contribution in [2.75, 3.05) is 35.2 Å². The molecule has 6 rings (SSSR count). The van der Waals surface area contributed by atoms with E-state index in [9.17, 15) is 9.59 Å². The number of aryl methyl sites for hydroxylation is 2. The van der Waals surface area contributed by atoms with Gasteiger partial charge in [0, 0.05) is 42.7 Å². The molecule has 3 aromatic carbocycles. The first kappa shape index (κ1) is 29.2. The van der Waals surface area contributed by atoms with Crippen molar-refractivity contribution in [2.24, 2.45) is 5.92 Å². The number of hydrogen-bond acceptors (Lipinski definition) is 4. The van der Waals surface area contributed by atoms with Crippen LogP contribution in [0.5, 0.6) is 0 Å². The number of benzene rings is 3. The second-order valence-electron chi connectivity index (χ2n) is 12.6. The average molecular weight is 583 g/mol. The minimum absolute atomic E-state index is 0.0851. The van der Waals surface area contributed by atoms with Crippen molar-refractivity contribution < 1.29 is 14.0 Å². The summed E-state index contributed by atoms with van der Waals surface area (Å²) in [5.41, 5.74) is 5.74. The number of piperidine rings is 1. The van der Waals surface area contributed by atoms with Crippen molar-refractivity contribution in [2.45, 2.75) is 77.3 Å². The molecular formula is C36H43FN4O2. The van der Waals surface area contributed by atoms with Gasteiger partial charge in [0.05, 0.1) is 17.5 Å². The summed E-state index contributed by atoms with van der Waals surface area (Å²) < 4.78 is 15.0. The van der Waals surface area contributed by atoms with Gasteiger partial charge in [0.2, 0.25) is 5.91 Å². The summed E-state index contributed by atoms with van der Waals surface area (Å²) in [5.74, 6) is -1.48. The lowest BCUT2D eigenvalue weighted by Gasteiger charge is -2.41. The van der Waals surface area contributed by atoms with Crippen LogP contribution in [0.1, 0.15) is 84.5 Å². The highest BCUT2D eigenvalue weighted by Crippen LogP contribution is 2.39. The van der Waals surface area contributed by atoms with E-state index in [1.807, 2.05) is 18.2 Å². The minimum Gasteiger partial charge on any atom is -0.382 e. The first-order valence-electron chi connectivity index (χ1n) is 16.0. The number of rotatable bonds is 7. The van der Waals surface area contributed by atoms with Crippen LogP contribution in [0.2, 0.25) is 0 Å². The number of hydrogen-bond donors (Lipinski definition) is 2. The van der Waals surface area contributed by atoms with Crippen LogP contribution >= 0.6 is 0 Å². The highest BCUT2D eigenvalue weighted by atomic mass is 19.1. The predicted octanol–water partition coefficient (Wildman–Crippen LogP) is 7.63. The molecule has 3 aromatic rings. The van der Waals surface area contributed by atoms with Crippen molar-refractivity contribution in [1.82, 2.24) is 4.90 Å². The molecule has 2 heterocycles. The third-order valence-corrected chi connectivity index (χ3v) is 9.57. The van der Waals surface area contributed by atoms with E-state index in [0.29, 0.717) is 31.0 Å². The van der Waals surface area contributed by atoms with Crippen molar-refractivity contribution >= 4 is 28.9 Å². The zero-order chi connectivity index (χ0) is 29.9. The molecule has 2 amide bonds. The van der Waals surface area contributed by atoms with Gasteiger partial charge in [0.1, 0.15) is 5.82 Å². The van der Waals surface area contributed by atoms with Crippen molar-refractivity contribution in [3.05, 3.63) is 88.7 Å². The van der Waals surface area contributed by atoms with Gasteiger partial charge < -0.3 is 20.4 Å². The molecule has 0 spiro atoms. The first-order chi connectivity index (χ1) is 20.9. The molecule has 0 aromatic heterocycles. The summed E-state index contributed by atoms with van der Waals surface area (Å²) in [6, 6.07) is 19.0. The Labute approximate surface area is 254 Å². The maximum Gasteiger partial charge on any atom is 0.257 e. The summed E-state index contributed by atoms with van der Waals surface area (Å²) in [6.45, 7) is 6.39. The van der Waals surface area contributed by atoms with Crippen molar-refractivity contribution in [1.29, 1.82) is 0 Å². The Morgan fingerprint density at radius 2 is 1.51 bits per heavy atom. The number of halogens is 1. The molecule has 6 nitrogen and oxygen atoms in total. The van der Waals surface area contributed by atoms with E-state index in [1.54, 1.807) is 24.0 Å². The van der Waals surface area contributed by atoms with E-state index in [4.69, 9.17) is 0 Å². The van der Waals surface area contributed by atoms with Gasteiger partial charge in [-0.3, -0.25) is 9.59 Å². The molecular weight excluding hydrogens is 539 g/mol. The van der Waals surface area contributed by atoms with Crippen LogP contribution in [-0.4, -0.2) is 42.4 Å². The van der Waals surface area contributed by atoms with E-state index < -0.39 is 17.8 Å². The summed E-state index contributed by atoms with van der Waals surface area (Å²) in [5, 5.41) is 6.83. The number of nitrogens with zero attached hydrogens (tertiary/aromatic N) is 2. The largest absolute Gasteiger partial charge is 0.382 e. The van der Waals surface area contributed by atoms with Crippen LogP contribution in [0.15, 0.2) is 60.7 Å². The van der Waals surface area contributed by atoms with Gasteiger partial charge in [-0.05, 0) is 99.4 Å². The van der Waals surface area contributed by atoms with Crippen LogP contribution < -0.4 is 15.5 Å². The molecule has 7 heteroatoms. The van der Waals surface area contributed by atoms with Gasteiger partial charge in [-0.1, -0.05) is 43.2 Å². The minimum atomic E-state index is -0.527. The third-order valence-electron chi connectivity index (χ3n) is 9.57. The number of nitrogens with one attached hydrogen (secondary N) is 2. The molecule has 3 aliphatic rings. The van der Waals surface area contributed by atoms with Crippen molar-refractivity contribution in [3.63, 3.8) is 0 Å². The first-order valence-corrected chi connectivity index (χ1v) is 16.0. The van der Waals surface area contributed by atoms with Gasteiger partial charge in [-0.25, -0.2) is 4.39 Å². The zero-order valence-corrected chi connectivity index (χ0v) is 25.4. The lowest BCUT2D eigenvalue weighted by atomic mass is 9.83. The van der Waals surface area contributed by atoms with Gasteiger partial charge in [0.15, 0.2) is 0 Å². The molecule has 2 aliphatic heterocycles. The Morgan fingerprint density at radius 3 is 2.23 bits per heavy atom. The van der Waals surface area contributed by atoms with Crippen LogP contribution in [0.3, 0.4) is 0 Å². The van der Waals surface area contributed by atoms with E-state index in [0.717, 1.165) is 35.7 Å². The Balaban J connectivity index is 1.30. The molecule has 1 saturated carbocycles. The quantitative estimate of drug-likeness (QED) is 0.301. The lowest BCUT2D eigenvalue weighted by molar-refractivity contribution is -0.123. The van der Waals surface area contributed by atoms with Crippen LogP contribution in [0.25, 0.3) is 0 Å². The van der Waals surface area contributed by atoms with Gasteiger partial charge in [0.25, 0.3) is 5.91 Å². The van der Waals surface area contributed by atoms with Gasteiger partial charge in [-0.2, -0.15) is 0 Å². The molecule has 226 valence electrons. The Kier molecular flexibility index (Phi) is 8.68. The third kappa shape index (κ3) is 6.27. The van der Waals surface area contributed by atoms with Gasteiger partial charge in [-0.15, -0.1) is 0 Å². The number of carbonyl (C=O) groups is 2. The molecule has 0 bridgehead atoms. The maximum absolute atomic E-state index is 15.0. The van der Waals surface area contributed by atoms with Crippen LogP contribution in [-0.2, 0) is 4.79 Å². The fraction of sp³-hybridized carbons (Fsp3) is 0.444. The molecule has 3 fully saturated rings. The average Bonchev–Trinajstić information content (AvgIpc) is 3.73. The standard InChI is InChI=1S/C36H43FN4O2/c1-24-14-17-29(23-32(24)40-20-5-6-21-40)39-35(42)30-12-8-22-41(36(43)33-25(2)9-7-13-31(33)37)34(30)26-15-18-28(19-16-26)38-27-10-3-4-11-27/h7,9,13-19,23,27,30,34,38H,3-6,8,10-12,20-22H2,1-2H3,(H,39,42). The molecule has 2 N–H and O–H groups in total. The summed E-state index contributed by atoms with van der Waals surface area (Å²) >= 11 is 0. The number of likely N-dealkylation sites (tertiary alicyclic amines) is 1.